The van der Waals surface area contributed by atoms with Crippen LogP contribution >= 0.6 is 0 Å². The van der Waals surface area contributed by atoms with Crippen LogP contribution in [0, 0.1) is 5.41 Å². The van der Waals surface area contributed by atoms with Gasteiger partial charge in [-0.3, -0.25) is 10.2 Å². The molecule has 8 nitrogen and oxygen atoms in total. The Hall–Kier alpha value is -3.23. The molecule has 1 amide bonds. The number of carbonyl (C=O) groups excluding carboxylic acids is 2. The van der Waals surface area contributed by atoms with Crippen LogP contribution in [0.25, 0.3) is 0 Å². The normalized spacial score (nSPS) is 10.3. The highest BCUT2D eigenvalue weighted by Crippen LogP contribution is 2.21. The van der Waals surface area contributed by atoms with Gasteiger partial charge in [-0.1, -0.05) is 18.2 Å². The predicted octanol–water partition coefficient (Wildman–Crippen LogP) is 1.58. The van der Waals surface area contributed by atoms with Crippen molar-refractivity contribution < 1.29 is 23.8 Å². The fourth-order valence-electron chi connectivity index (χ4n) is 2.27. The number of nitrogens with one attached hydrogen (secondary N) is 2. The number of hydrogen-bond donors (Lipinski definition) is 3. The fraction of sp³-hybridized carbons (Fsp3) is 0.250. The molecule has 0 aromatic heterocycles. The van der Waals surface area contributed by atoms with E-state index in [4.69, 9.17) is 25.4 Å². The molecule has 8 heteroatoms. The van der Waals surface area contributed by atoms with Crippen molar-refractivity contribution in [3.63, 3.8) is 0 Å². The molecule has 0 radical (unpaired) electrons. The van der Waals surface area contributed by atoms with E-state index in [1.54, 1.807) is 37.4 Å². The summed E-state index contributed by atoms with van der Waals surface area (Å²) in [6.07, 6.45) is 0. The average Bonchev–Trinajstić information content (AvgIpc) is 2.71. The Morgan fingerprint density at radius 1 is 1.04 bits per heavy atom. The van der Waals surface area contributed by atoms with Crippen molar-refractivity contribution in [1.29, 1.82) is 5.41 Å². The number of carbonyl (C=O) groups is 2. The fourth-order valence-corrected chi connectivity index (χ4v) is 2.27. The van der Waals surface area contributed by atoms with E-state index in [1.807, 2.05) is 0 Å². The largest absolute Gasteiger partial charge is 0.422 e. The summed E-state index contributed by atoms with van der Waals surface area (Å²) in [7, 11) is 1.57. The van der Waals surface area contributed by atoms with Crippen LogP contribution in [0.1, 0.15) is 26.3 Å². The number of amides is 1. The molecule has 2 aromatic rings. The van der Waals surface area contributed by atoms with Gasteiger partial charge in [0, 0.05) is 19.2 Å². The van der Waals surface area contributed by atoms with Crippen molar-refractivity contribution in [2.24, 2.45) is 5.73 Å². The Kier molecular flexibility index (Phi) is 8.13. The molecule has 28 heavy (non-hydrogen) atoms. The lowest BCUT2D eigenvalue weighted by atomic mass is 10.1. The van der Waals surface area contributed by atoms with Crippen LogP contribution in [0.5, 0.6) is 5.75 Å². The third kappa shape index (κ3) is 6.19. The van der Waals surface area contributed by atoms with E-state index in [1.165, 1.54) is 18.2 Å². The summed E-state index contributed by atoms with van der Waals surface area (Å²) in [5, 5.41) is 10.2. The zero-order chi connectivity index (χ0) is 20.4. The number of nitrogen functional groups attached to an aromatic ring is 1. The van der Waals surface area contributed by atoms with E-state index in [0.29, 0.717) is 30.9 Å². The van der Waals surface area contributed by atoms with E-state index in [9.17, 15) is 9.59 Å². The minimum atomic E-state index is -0.590. The van der Waals surface area contributed by atoms with Crippen molar-refractivity contribution >= 4 is 17.7 Å². The van der Waals surface area contributed by atoms with Gasteiger partial charge in [0.15, 0.2) is 0 Å². The molecular weight excluding hydrogens is 362 g/mol. The molecule has 0 heterocycles. The quantitative estimate of drug-likeness (QED) is 0.188. The molecule has 0 aliphatic carbocycles. The highest BCUT2D eigenvalue weighted by molar-refractivity contribution is 6.03. The van der Waals surface area contributed by atoms with Gasteiger partial charge >= 0.3 is 5.97 Å². The van der Waals surface area contributed by atoms with Crippen molar-refractivity contribution in [3.8, 4) is 5.75 Å². The molecular formula is C20H23N3O5. The Morgan fingerprint density at radius 2 is 1.79 bits per heavy atom. The predicted molar refractivity (Wildman–Crippen MR) is 104 cm³/mol. The SMILES string of the molecule is COCCOCCNC(=O)c1cc(C(=N)N)ccc1OC(=O)c1ccccc1. The van der Waals surface area contributed by atoms with E-state index in [-0.39, 0.29) is 23.7 Å². The van der Waals surface area contributed by atoms with Gasteiger partial charge in [0.1, 0.15) is 11.6 Å². The van der Waals surface area contributed by atoms with Crippen LogP contribution in [0.15, 0.2) is 48.5 Å². The third-order valence-corrected chi connectivity index (χ3v) is 3.71. The number of benzene rings is 2. The van der Waals surface area contributed by atoms with Crippen molar-refractivity contribution in [3.05, 3.63) is 65.2 Å². The van der Waals surface area contributed by atoms with Crippen LogP contribution in [0.3, 0.4) is 0 Å². The first-order chi connectivity index (χ1) is 13.5. The van der Waals surface area contributed by atoms with Crippen molar-refractivity contribution in [2.75, 3.05) is 33.5 Å². The smallest absolute Gasteiger partial charge is 0.343 e. The first-order valence-corrected chi connectivity index (χ1v) is 8.63. The first kappa shape index (κ1) is 21.1. The Labute approximate surface area is 163 Å². The summed E-state index contributed by atoms with van der Waals surface area (Å²) in [5.74, 6) is -1.17. The van der Waals surface area contributed by atoms with E-state index in [0.717, 1.165) is 0 Å². The summed E-state index contributed by atoms with van der Waals surface area (Å²) in [6, 6.07) is 12.8. The molecule has 0 aliphatic rings. The zero-order valence-corrected chi connectivity index (χ0v) is 15.6. The van der Waals surface area contributed by atoms with E-state index in [2.05, 4.69) is 5.32 Å². The van der Waals surface area contributed by atoms with Gasteiger partial charge in [0.25, 0.3) is 5.91 Å². The van der Waals surface area contributed by atoms with Crippen molar-refractivity contribution in [2.45, 2.75) is 0 Å². The van der Waals surface area contributed by atoms with Crippen LogP contribution in [-0.2, 0) is 9.47 Å². The third-order valence-electron chi connectivity index (χ3n) is 3.71. The number of rotatable bonds is 10. The highest BCUT2D eigenvalue weighted by Gasteiger charge is 2.18. The maximum absolute atomic E-state index is 12.6. The first-order valence-electron chi connectivity index (χ1n) is 8.63. The van der Waals surface area contributed by atoms with Crippen molar-refractivity contribution in [1.82, 2.24) is 5.32 Å². The summed E-state index contributed by atoms with van der Waals surface area (Å²) in [4.78, 5) is 24.9. The lowest BCUT2D eigenvalue weighted by Crippen LogP contribution is -2.28. The van der Waals surface area contributed by atoms with Crippen LogP contribution < -0.4 is 15.8 Å². The Bertz CT molecular complexity index is 824. The summed E-state index contributed by atoms with van der Waals surface area (Å²) in [5.41, 5.74) is 6.32. The molecule has 2 rings (SSSR count). The van der Waals surface area contributed by atoms with Crippen LogP contribution in [0.2, 0.25) is 0 Å². The number of methoxy groups -OCH3 is 1. The second-order valence-corrected chi connectivity index (χ2v) is 5.74. The standard InChI is InChI=1S/C20H23N3O5/c1-26-11-12-27-10-9-23-19(24)16-13-15(18(21)22)7-8-17(16)28-20(25)14-5-3-2-4-6-14/h2-8,13H,9-12H2,1H3,(H3,21,22)(H,23,24). The van der Waals surface area contributed by atoms with Crippen LogP contribution in [-0.4, -0.2) is 51.2 Å². The topological polar surface area (TPSA) is 124 Å². The van der Waals surface area contributed by atoms with Gasteiger partial charge in [0.2, 0.25) is 0 Å². The number of nitrogens with two attached hydrogens (primary N) is 1. The summed E-state index contributed by atoms with van der Waals surface area (Å²) >= 11 is 0. The van der Waals surface area contributed by atoms with Gasteiger partial charge in [-0.05, 0) is 30.3 Å². The second kappa shape index (κ2) is 10.8. The zero-order valence-electron chi connectivity index (χ0n) is 15.6. The number of amidine groups is 1. The average molecular weight is 385 g/mol. The molecule has 2 aromatic carbocycles. The molecule has 0 bridgehead atoms. The summed E-state index contributed by atoms with van der Waals surface area (Å²) in [6.45, 7) is 1.46. The van der Waals surface area contributed by atoms with E-state index < -0.39 is 11.9 Å². The second-order valence-electron chi connectivity index (χ2n) is 5.74. The number of esters is 1. The maximum atomic E-state index is 12.6. The van der Waals surface area contributed by atoms with Gasteiger partial charge in [0.05, 0.1) is 30.9 Å². The number of hydrogen-bond acceptors (Lipinski definition) is 6. The Morgan fingerprint density at radius 3 is 2.46 bits per heavy atom. The monoisotopic (exact) mass is 385 g/mol. The molecule has 0 saturated carbocycles. The highest BCUT2D eigenvalue weighted by atomic mass is 16.5. The molecule has 0 unspecified atom stereocenters. The lowest BCUT2D eigenvalue weighted by Gasteiger charge is -2.12. The lowest BCUT2D eigenvalue weighted by molar-refractivity contribution is 0.0689. The van der Waals surface area contributed by atoms with E-state index >= 15 is 0 Å². The summed E-state index contributed by atoms with van der Waals surface area (Å²) < 4.78 is 15.6. The van der Waals surface area contributed by atoms with Gasteiger partial charge in [-0.25, -0.2) is 4.79 Å². The maximum Gasteiger partial charge on any atom is 0.343 e. The molecule has 0 fully saturated rings. The van der Waals surface area contributed by atoms with Gasteiger partial charge in [-0.15, -0.1) is 0 Å². The van der Waals surface area contributed by atoms with Crippen LogP contribution in [0.4, 0.5) is 0 Å². The Balaban J connectivity index is 2.11. The van der Waals surface area contributed by atoms with Gasteiger partial charge < -0.3 is 25.3 Å². The molecule has 0 aliphatic heterocycles. The molecule has 4 N–H and O–H groups in total. The molecule has 0 spiro atoms. The molecule has 0 saturated heterocycles. The number of ether oxygens (including phenoxy) is 3. The minimum absolute atomic E-state index is 0.0802. The minimum Gasteiger partial charge on any atom is -0.422 e. The molecule has 0 atom stereocenters. The molecule has 148 valence electrons. The van der Waals surface area contributed by atoms with Gasteiger partial charge in [-0.2, -0.15) is 0 Å².